The zero-order chi connectivity index (χ0) is 8.97. The average Bonchev–Trinajstić information content (AvgIpc) is 2.37. The lowest BCUT2D eigenvalue weighted by molar-refractivity contribution is -0.142. The molecule has 0 aliphatic rings. The maximum absolute atomic E-state index is 11.0. The summed E-state index contributed by atoms with van der Waals surface area (Å²) in [5.41, 5.74) is 7.09. The zero-order valence-corrected chi connectivity index (χ0v) is 7.56. The number of nitrogen functional groups attached to an aromatic ring is 1. The summed E-state index contributed by atoms with van der Waals surface area (Å²) in [7, 11) is 0. The number of carbonyl (C=O) groups excluding carboxylic acids is 1. The quantitative estimate of drug-likeness (QED) is 0.710. The van der Waals surface area contributed by atoms with E-state index in [0.717, 1.165) is 4.88 Å². The van der Waals surface area contributed by atoms with E-state index < -0.39 is 0 Å². The molecule has 5 heteroatoms. The number of nitrogens with two attached hydrogens (primary N) is 1. The van der Waals surface area contributed by atoms with E-state index in [9.17, 15) is 4.79 Å². The Labute approximate surface area is 74.4 Å². The fourth-order valence-electron chi connectivity index (χ4n) is 0.754. The molecule has 0 aromatic carbocycles. The number of anilines is 1. The highest BCUT2D eigenvalue weighted by molar-refractivity contribution is 7.10. The normalized spacial score (nSPS) is 9.75. The maximum Gasteiger partial charge on any atom is 0.311 e. The third-order valence-electron chi connectivity index (χ3n) is 1.28. The fraction of sp³-hybridized carbons (Fsp3) is 0.429. The topological polar surface area (TPSA) is 65.2 Å². The molecule has 0 aliphatic carbocycles. The van der Waals surface area contributed by atoms with Gasteiger partial charge in [0.2, 0.25) is 0 Å². The summed E-state index contributed by atoms with van der Waals surface area (Å²) in [6.07, 6.45) is 0.227. The van der Waals surface area contributed by atoms with E-state index >= 15 is 0 Å². The van der Waals surface area contributed by atoms with Gasteiger partial charge in [0, 0.05) is 0 Å². The molecule has 2 N–H and O–H groups in total. The Morgan fingerprint density at radius 1 is 1.83 bits per heavy atom. The number of hydrogen-bond donors (Lipinski definition) is 1. The van der Waals surface area contributed by atoms with Gasteiger partial charge in [-0.1, -0.05) is 0 Å². The van der Waals surface area contributed by atoms with Crippen molar-refractivity contribution in [2.45, 2.75) is 13.3 Å². The van der Waals surface area contributed by atoms with Crippen LogP contribution in [0.3, 0.4) is 0 Å². The van der Waals surface area contributed by atoms with Gasteiger partial charge in [-0.3, -0.25) is 4.79 Å². The van der Waals surface area contributed by atoms with Gasteiger partial charge in [-0.25, -0.2) is 4.98 Å². The van der Waals surface area contributed by atoms with Gasteiger partial charge in [0.05, 0.1) is 23.4 Å². The summed E-state index contributed by atoms with van der Waals surface area (Å²) in [5.74, 6) is 0.168. The number of ether oxygens (including phenoxy) is 1. The number of carbonyl (C=O) groups is 1. The van der Waals surface area contributed by atoms with Crippen LogP contribution in [0, 0.1) is 0 Å². The van der Waals surface area contributed by atoms with Crippen LogP contribution in [0.5, 0.6) is 0 Å². The number of esters is 1. The van der Waals surface area contributed by atoms with Crippen molar-refractivity contribution in [3.05, 3.63) is 10.4 Å². The lowest BCUT2D eigenvalue weighted by atomic mass is 10.3. The maximum atomic E-state index is 11.0. The SMILES string of the molecule is CCOC(=O)Cc1scnc1N. The molecule has 66 valence electrons. The smallest absolute Gasteiger partial charge is 0.311 e. The first-order valence-corrected chi connectivity index (χ1v) is 4.45. The van der Waals surface area contributed by atoms with Gasteiger partial charge in [0.15, 0.2) is 0 Å². The molecule has 1 heterocycles. The molecule has 0 saturated heterocycles. The Balaban J connectivity index is 2.52. The molecule has 4 nitrogen and oxygen atoms in total. The molecular formula is C7H10N2O2S. The van der Waals surface area contributed by atoms with E-state index in [4.69, 9.17) is 10.5 Å². The van der Waals surface area contributed by atoms with Crippen molar-refractivity contribution in [3.63, 3.8) is 0 Å². The summed E-state index contributed by atoms with van der Waals surface area (Å²) in [4.78, 5) is 15.6. The van der Waals surface area contributed by atoms with E-state index in [1.54, 1.807) is 12.4 Å². The molecule has 1 aromatic heterocycles. The van der Waals surface area contributed by atoms with Crippen molar-refractivity contribution >= 4 is 23.1 Å². The van der Waals surface area contributed by atoms with Crippen LogP contribution < -0.4 is 5.73 Å². The lowest BCUT2D eigenvalue weighted by Crippen LogP contribution is -2.07. The van der Waals surface area contributed by atoms with Crippen LogP contribution in [0.15, 0.2) is 5.51 Å². The minimum Gasteiger partial charge on any atom is -0.466 e. The first-order valence-electron chi connectivity index (χ1n) is 3.57. The van der Waals surface area contributed by atoms with E-state index in [-0.39, 0.29) is 12.4 Å². The van der Waals surface area contributed by atoms with Gasteiger partial charge in [-0.2, -0.15) is 0 Å². The Hall–Kier alpha value is -1.10. The summed E-state index contributed by atoms with van der Waals surface area (Å²) in [6, 6.07) is 0. The Kier molecular flexibility index (Phi) is 3.04. The highest BCUT2D eigenvalue weighted by Gasteiger charge is 2.08. The molecule has 0 saturated carbocycles. The highest BCUT2D eigenvalue weighted by Crippen LogP contribution is 2.15. The number of rotatable bonds is 3. The summed E-state index contributed by atoms with van der Waals surface area (Å²) in [6.45, 7) is 2.17. The standard InChI is InChI=1S/C7H10N2O2S/c1-2-11-6(10)3-5-7(8)9-4-12-5/h4H,2-3,8H2,1H3. The second kappa shape index (κ2) is 4.06. The largest absolute Gasteiger partial charge is 0.466 e. The van der Waals surface area contributed by atoms with E-state index in [0.29, 0.717) is 12.4 Å². The van der Waals surface area contributed by atoms with Crippen molar-refractivity contribution in [3.8, 4) is 0 Å². The monoisotopic (exact) mass is 186 g/mol. The lowest BCUT2D eigenvalue weighted by Gasteiger charge is -1.98. The van der Waals surface area contributed by atoms with Crippen LogP contribution >= 0.6 is 11.3 Å². The number of nitrogens with zero attached hydrogens (tertiary/aromatic N) is 1. The minimum absolute atomic E-state index is 0.227. The van der Waals surface area contributed by atoms with Crippen LogP contribution in [0.4, 0.5) is 5.82 Å². The molecule has 0 aliphatic heterocycles. The van der Waals surface area contributed by atoms with Crippen molar-refractivity contribution < 1.29 is 9.53 Å². The molecule has 0 amide bonds. The van der Waals surface area contributed by atoms with Gasteiger partial charge in [0.1, 0.15) is 5.82 Å². The van der Waals surface area contributed by atoms with Crippen LogP contribution in [0.1, 0.15) is 11.8 Å². The second-order valence-electron chi connectivity index (χ2n) is 2.14. The Morgan fingerprint density at radius 3 is 3.08 bits per heavy atom. The van der Waals surface area contributed by atoms with E-state index in [1.165, 1.54) is 11.3 Å². The third-order valence-corrected chi connectivity index (χ3v) is 2.13. The number of hydrogen-bond acceptors (Lipinski definition) is 5. The van der Waals surface area contributed by atoms with Gasteiger partial charge in [0.25, 0.3) is 0 Å². The van der Waals surface area contributed by atoms with E-state index in [1.807, 2.05) is 0 Å². The second-order valence-corrected chi connectivity index (χ2v) is 3.08. The van der Waals surface area contributed by atoms with Crippen molar-refractivity contribution in [1.29, 1.82) is 0 Å². The van der Waals surface area contributed by atoms with Crippen molar-refractivity contribution in [1.82, 2.24) is 4.98 Å². The van der Waals surface area contributed by atoms with Gasteiger partial charge >= 0.3 is 5.97 Å². The fourth-order valence-corrected chi connectivity index (χ4v) is 1.42. The van der Waals surface area contributed by atoms with Crippen LogP contribution in [-0.2, 0) is 16.0 Å². The zero-order valence-electron chi connectivity index (χ0n) is 6.74. The van der Waals surface area contributed by atoms with E-state index in [2.05, 4.69) is 4.98 Å². The average molecular weight is 186 g/mol. The third kappa shape index (κ3) is 2.20. The first-order chi connectivity index (χ1) is 5.74. The molecule has 0 spiro atoms. The Morgan fingerprint density at radius 2 is 2.58 bits per heavy atom. The summed E-state index contributed by atoms with van der Waals surface area (Å²) >= 11 is 1.37. The molecule has 0 atom stereocenters. The molecule has 0 bridgehead atoms. The summed E-state index contributed by atoms with van der Waals surface area (Å²) in [5, 5.41) is 0. The predicted molar refractivity (Wildman–Crippen MR) is 46.9 cm³/mol. The van der Waals surface area contributed by atoms with Crippen molar-refractivity contribution in [2.24, 2.45) is 0 Å². The first kappa shape index (κ1) is 8.99. The molecule has 12 heavy (non-hydrogen) atoms. The molecule has 0 radical (unpaired) electrons. The Bertz CT molecular complexity index is 272. The minimum atomic E-state index is -0.256. The molecule has 0 unspecified atom stereocenters. The number of thiazole rings is 1. The predicted octanol–water partition coefficient (Wildman–Crippen LogP) is 0.831. The van der Waals surface area contributed by atoms with Gasteiger partial charge in [-0.15, -0.1) is 11.3 Å². The molecule has 1 aromatic rings. The van der Waals surface area contributed by atoms with Crippen LogP contribution in [-0.4, -0.2) is 17.6 Å². The number of aromatic nitrogens is 1. The van der Waals surface area contributed by atoms with Gasteiger partial charge in [-0.05, 0) is 6.92 Å². The molecule has 1 rings (SSSR count). The van der Waals surface area contributed by atoms with Crippen molar-refractivity contribution in [2.75, 3.05) is 12.3 Å². The van der Waals surface area contributed by atoms with Gasteiger partial charge < -0.3 is 10.5 Å². The molecule has 0 fully saturated rings. The highest BCUT2D eigenvalue weighted by atomic mass is 32.1. The van der Waals surface area contributed by atoms with Crippen LogP contribution in [0.25, 0.3) is 0 Å². The van der Waals surface area contributed by atoms with Crippen LogP contribution in [0.2, 0.25) is 0 Å². The molecular weight excluding hydrogens is 176 g/mol. The summed E-state index contributed by atoms with van der Waals surface area (Å²) < 4.78 is 4.75.